The largest absolute Gasteiger partial charge is 0.390 e. The van der Waals surface area contributed by atoms with Crippen molar-refractivity contribution in [3.05, 3.63) is 35.4 Å². The molecule has 0 spiro atoms. The van der Waals surface area contributed by atoms with Crippen molar-refractivity contribution in [2.24, 2.45) is 0 Å². The van der Waals surface area contributed by atoms with Crippen LogP contribution in [0.25, 0.3) is 0 Å². The van der Waals surface area contributed by atoms with Crippen LogP contribution in [0.3, 0.4) is 0 Å². The van der Waals surface area contributed by atoms with Crippen molar-refractivity contribution in [3.63, 3.8) is 0 Å². The molecule has 92 valence electrons. The van der Waals surface area contributed by atoms with E-state index in [0.717, 1.165) is 11.1 Å². The lowest BCUT2D eigenvalue weighted by molar-refractivity contribution is -0.123. The molecule has 0 saturated carbocycles. The summed E-state index contributed by atoms with van der Waals surface area (Å²) >= 11 is 0. The Balaban J connectivity index is 2.04. The number of carbonyl (C=O) groups excluding carboxylic acids is 1. The topological polar surface area (TPSA) is 58.6 Å². The molecule has 0 bridgehead atoms. The van der Waals surface area contributed by atoms with Crippen LogP contribution in [0.4, 0.5) is 0 Å². The van der Waals surface area contributed by atoms with Gasteiger partial charge in [-0.05, 0) is 11.1 Å². The fourth-order valence-corrected chi connectivity index (χ4v) is 2.19. The maximum absolute atomic E-state index is 11.6. The lowest BCUT2D eigenvalue weighted by atomic mass is 10.1. The molecule has 1 aromatic rings. The third-order valence-electron chi connectivity index (χ3n) is 3.05. The van der Waals surface area contributed by atoms with Gasteiger partial charge in [-0.15, -0.1) is 0 Å². The van der Waals surface area contributed by atoms with E-state index in [2.05, 4.69) is 5.32 Å². The zero-order valence-electron chi connectivity index (χ0n) is 9.85. The Bertz CT molecular complexity index is 405. The molecule has 1 aliphatic rings. The van der Waals surface area contributed by atoms with Gasteiger partial charge < -0.3 is 15.2 Å². The second-order valence-corrected chi connectivity index (χ2v) is 4.26. The summed E-state index contributed by atoms with van der Waals surface area (Å²) in [6.45, 7) is 0.399. The summed E-state index contributed by atoms with van der Waals surface area (Å²) in [6.07, 6.45) is 0.395. The first kappa shape index (κ1) is 12.1. The maximum Gasteiger partial charge on any atom is 0.222 e. The highest BCUT2D eigenvalue weighted by Crippen LogP contribution is 2.31. The molecule has 17 heavy (non-hydrogen) atoms. The van der Waals surface area contributed by atoms with E-state index in [1.165, 1.54) is 0 Å². The highest BCUT2D eigenvalue weighted by atomic mass is 16.5. The molecule has 4 heteroatoms. The summed E-state index contributed by atoms with van der Waals surface area (Å²) in [6, 6.07) is 7.52. The normalized spacial score (nSPS) is 22.2. The van der Waals surface area contributed by atoms with Gasteiger partial charge in [0.15, 0.2) is 0 Å². The van der Waals surface area contributed by atoms with Gasteiger partial charge >= 0.3 is 0 Å². The number of hydrogen-bond donors (Lipinski definition) is 2. The molecule has 0 fully saturated rings. The Morgan fingerprint density at radius 2 is 2.29 bits per heavy atom. The van der Waals surface area contributed by atoms with Crippen LogP contribution in [0.15, 0.2) is 24.3 Å². The van der Waals surface area contributed by atoms with Crippen molar-refractivity contribution in [3.8, 4) is 0 Å². The van der Waals surface area contributed by atoms with Gasteiger partial charge in [0.25, 0.3) is 0 Å². The van der Waals surface area contributed by atoms with Crippen LogP contribution in [0.5, 0.6) is 0 Å². The van der Waals surface area contributed by atoms with Crippen LogP contribution in [-0.4, -0.2) is 30.8 Å². The highest BCUT2D eigenvalue weighted by molar-refractivity contribution is 5.76. The first-order valence-corrected chi connectivity index (χ1v) is 5.76. The molecule has 0 aliphatic heterocycles. The minimum absolute atomic E-state index is 0.0902. The van der Waals surface area contributed by atoms with E-state index in [-0.39, 0.29) is 11.9 Å². The number of nitrogens with one attached hydrogen (secondary N) is 1. The molecule has 0 saturated heterocycles. The van der Waals surface area contributed by atoms with Crippen molar-refractivity contribution < 1.29 is 14.6 Å². The van der Waals surface area contributed by atoms with Gasteiger partial charge in [0.05, 0.1) is 18.8 Å². The second-order valence-electron chi connectivity index (χ2n) is 4.26. The number of amides is 1. The average Bonchev–Trinajstić information content (AvgIpc) is 2.64. The predicted octanol–water partition coefficient (Wildman–Crippen LogP) is 0.797. The minimum atomic E-state index is -0.529. The molecule has 2 rings (SSSR count). The predicted molar refractivity (Wildman–Crippen MR) is 63.5 cm³/mol. The first-order chi connectivity index (χ1) is 8.22. The van der Waals surface area contributed by atoms with Gasteiger partial charge in [-0.2, -0.15) is 0 Å². The fourth-order valence-electron chi connectivity index (χ4n) is 2.19. The molecule has 1 amide bonds. The van der Waals surface area contributed by atoms with Gasteiger partial charge in [0.1, 0.15) is 0 Å². The number of fused-ring (bicyclic) bond motifs is 1. The minimum Gasteiger partial charge on any atom is -0.390 e. The number of carbonyl (C=O) groups is 1. The number of hydrogen-bond acceptors (Lipinski definition) is 3. The third kappa shape index (κ3) is 2.65. The number of ether oxygens (including phenoxy) is 1. The summed E-state index contributed by atoms with van der Waals surface area (Å²) in [5.41, 5.74) is 2.13. The Morgan fingerprint density at radius 1 is 1.53 bits per heavy atom. The third-order valence-corrected chi connectivity index (χ3v) is 3.05. The van der Waals surface area contributed by atoms with E-state index in [0.29, 0.717) is 19.4 Å². The van der Waals surface area contributed by atoms with E-state index in [1.807, 2.05) is 24.3 Å². The Kier molecular flexibility index (Phi) is 3.76. The summed E-state index contributed by atoms with van der Waals surface area (Å²) in [5.74, 6) is -0.0902. The standard InChI is InChI=1S/C13H17NO3/c1-17-7-6-12(16)14-13-10-5-3-2-4-9(10)8-11(13)15/h2-5,11,13,15H,6-8H2,1H3,(H,14,16)/t11-,13+/m1/s1. The summed E-state index contributed by atoms with van der Waals surface area (Å²) in [5, 5.41) is 12.8. The van der Waals surface area contributed by atoms with E-state index in [4.69, 9.17) is 4.74 Å². The molecular formula is C13H17NO3. The van der Waals surface area contributed by atoms with Crippen LogP contribution in [0.2, 0.25) is 0 Å². The summed E-state index contributed by atoms with van der Waals surface area (Å²) in [4.78, 5) is 11.6. The zero-order chi connectivity index (χ0) is 12.3. The molecule has 0 aromatic heterocycles. The van der Waals surface area contributed by atoms with Crippen LogP contribution >= 0.6 is 0 Å². The maximum atomic E-state index is 11.6. The monoisotopic (exact) mass is 235 g/mol. The lowest BCUT2D eigenvalue weighted by Crippen LogP contribution is -2.34. The Labute approximate surface area is 101 Å². The molecule has 2 atom stereocenters. The summed E-state index contributed by atoms with van der Waals surface area (Å²) < 4.78 is 4.85. The van der Waals surface area contributed by atoms with Gasteiger partial charge in [0.2, 0.25) is 5.91 Å². The smallest absolute Gasteiger partial charge is 0.222 e. The first-order valence-electron chi connectivity index (χ1n) is 5.76. The van der Waals surface area contributed by atoms with Crippen molar-refractivity contribution >= 4 is 5.91 Å². The second kappa shape index (κ2) is 5.29. The number of methoxy groups -OCH3 is 1. The molecule has 0 radical (unpaired) electrons. The Hall–Kier alpha value is -1.39. The van der Waals surface area contributed by atoms with E-state index < -0.39 is 6.10 Å². The number of aliphatic hydroxyl groups is 1. The van der Waals surface area contributed by atoms with E-state index in [9.17, 15) is 9.90 Å². The zero-order valence-corrected chi connectivity index (χ0v) is 9.85. The van der Waals surface area contributed by atoms with Crippen molar-refractivity contribution in [1.82, 2.24) is 5.32 Å². The van der Waals surface area contributed by atoms with Crippen molar-refractivity contribution in [2.75, 3.05) is 13.7 Å². The van der Waals surface area contributed by atoms with Gasteiger partial charge in [-0.1, -0.05) is 24.3 Å². The molecular weight excluding hydrogens is 218 g/mol. The summed E-state index contributed by atoms with van der Waals surface area (Å²) in [7, 11) is 1.56. The van der Waals surface area contributed by atoms with E-state index in [1.54, 1.807) is 7.11 Å². The number of benzene rings is 1. The van der Waals surface area contributed by atoms with E-state index >= 15 is 0 Å². The van der Waals surface area contributed by atoms with Crippen LogP contribution in [0.1, 0.15) is 23.6 Å². The molecule has 0 heterocycles. The molecule has 0 unspecified atom stereocenters. The average molecular weight is 235 g/mol. The quantitative estimate of drug-likeness (QED) is 0.811. The van der Waals surface area contributed by atoms with Crippen LogP contribution in [0, 0.1) is 0 Å². The number of rotatable bonds is 4. The van der Waals surface area contributed by atoms with Gasteiger partial charge in [-0.25, -0.2) is 0 Å². The molecule has 2 N–H and O–H groups in total. The van der Waals surface area contributed by atoms with Crippen LogP contribution < -0.4 is 5.32 Å². The lowest BCUT2D eigenvalue weighted by Gasteiger charge is -2.17. The molecule has 1 aromatic carbocycles. The molecule has 4 nitrogen and oxygen atoms in total. The molecule has 1 aliphatic carbocycles. The highest BCUT2D eigenvalue weighted by Gasteiger charge is 2.31. The number of aliphatic hydroxyl groups excluding tert-OH is 1. The SMILES string of the molecule is COCCC(=O)N[C@H]1c2ccccc2C[C@H]1O. The van der Waals surface area contributed by atoms with Crippen molar-refractivity contribution in [2.45, 2.75) is 25.0 Å². The Morgan fingerprint density at radius 3 is 3.06 bits per heavy atom. The van der Waals surface area contributed by atoms with Gasteiger partial charge in [0, 0.05) is 20.0 Å². The van der Waals surface area contributed by atoms with Gasteiger partial charge in [-0.3, -0.25) is 4.79 Å². The fraction of sp³-hybridized carbons (Fsp3) is 0.462. The van der Waals surface area contributed by atoms with Crippen LogP contribution in [-0.2, 0) is 16.0 Å². The van der Waals surface area contributed by atoms with Crippen molar-refractivity contribution in [1.29, 1.82) is 0 Å².